The van der Waals surface area contributed by atoms with Gasteiger partial charge in [0.25, 0.3) is 5.89 Å². The number of aromatic nitrogens is 2. The monoisotopic (exact) mass is 343 g/mol. The van der Waals surface area contributed by atoms with Gasteiger partial charge in [0.2, 0.25) is 11.8 Å². The van der Waals surface area contributed by atoms with Crippen molar-refractivity contribution in [1.82, 2.24) is 10.2 Å². The highest BCUT2D eigenvalue weighted by Crippen LogP contribution is 2.25. The number of para-hydroxylation sites is 2. The van der Waals surface area contributed by atoms with E-state index in [1.54, 1.807) is 36.4 Å². The van der Waals surface area contributed by atoms with Crippen LogP contribution in [0.15, 0.2) is 52.9 Å². The summed E-state index contributed by atoms with van der Waals surface area (Å²) in [6.45, 7) is 1.53. The van der Waals surface area contributed by atoms with E-state index in [1.165, 1.54) is 6.92 Å². The smallest absolute Gasteiger partial charge is 0.254 e. The molecular formula is C17H14ClN3O3. The fraction of sp³-hybridized carbons (Fsp3) is 0.118. The summed E-state index contributed by atoms with van der Waals surface area (Å²) >= 11 is 5.86. The average molecular weight is 344 g/mol. The minimum atomic E-state index is -0.172. The van der Waals surface area contributed by atoms with E-state index in [0.717, 1.165) is 5.56 Å². The zero-order valence-corrected chi connectivity index (χ0v) is 13.6. The Morgan fingerprint density at radius 2 is 1.92 bits per heavy atom. The Morgan fingerprint density at radius 1 is 1.17 bits per heavy atom. The van der Waals surface area contributed by atoms with Crippen LogP contribution >= 0.6 is 11.6 Å². The summed E-state index contributed by atoms with van der Waals surface area (Å²) in [6.07, 6.45) is 0. The second-order valence-electron chi connectivity index (χ2n) is 4.97. The van der Waals surface area contributed by atoms with Crippen LogP contribution in [0.5, 0.6) is 5.75 Å². The van der Waals surface area contributed by atoms with E-state index in [4.69, 9.17) is 20.8 Å². The number of halogens is 1. The van der Waals surface area contributed by atoms with Crippen LogP contribution in [0.3, 0.4) is 0 Å². The van der Waals surface area contributed by atoms with Gasteiger partial charge >= 0.3 is 0 Å². The van der Waals surface area contributed by atoms with E-state index >= 15 is 0 Å². The number of rotatable bonds is 5. The molecule has 0 spiro atoms. The number of nitrogens with one attached hydrogen (secondary N) is 1. The van der Waals surface area contributed by atoms with E-state index in [0.29, 0.717) is 28.2 Å². The zero-order chi connectivity index (χ0) is 16.9. The van der Waals surface area contributed by atoms with Gasteiger partial charge in [-0.05, 0) is 36.4 Å². The molecule has 0 unspecified atom stereocenters. The van der Waals surface area contributed by atoms with Gasteiger partial charge in [-0.3, -0.25) is 4.79 Å². The molecule has 0 saturated heterocycles. The second kappa shape index (κ2) is 7.14. The normalized spacial score (nSPS) is 10.4. The van der Waals surface area contributed by atoms with Crippen molar-refractivity contribution in [3.05, 3.63) is 59.4 Å². The standard InChI is InChI=1S/C17H14ClN3O3/c1-11(22)19-14-4-2-3-5-15(14)23-10-16-20-21-17(24-16)12-6-8-13(18)9-7-12/h2-9H,10H2,1H3,(H,19,22). The van der Waals surface area contributed by atoms with Gasteiger partial charge in [-0.25, -0.2) is 0 Å². The minimum Gasteiger partial charge on any atom is -0.482 e. The first kappa shape index (κ1) is 16.0. The van der Waals surface area contributed by atoms with Gasteiger partial charge in [0.05, 0.1) is 5.69 Å². The van der Waals surface area contributed by atoms with E-state index in [9.17, 15) is 4.79 Å². The molecule has 1 heterocycles. The summed E-state index contributed by atoms with van der Waals surface area (Å²) < 4.78 is 11.2. The number of carbonyl (C=O) groups excluding carboxylic acids is 1. The largest absolute Gasteiger partial charge is 0.482 e. The first-order valence-corrected chi connectivity index (χ1v) is 7.57. The summed E-state index contributed by atoms with van der Waals surface area (Å²) in [5.74, 6) is 1.07. The zero-order valence-electron chi connectivity index (χ0n) is 12.8. The molecule has 1 aromatic heterocycles. The summed E-state index contributed by atoms with van der Waals surface area (Å²) in [5, 5.41) is 11.3. The number of ether oxygens (including phenoxy) is 1. The summed E-state index contributed by atoms with van der Waals surface area (Å²) in [4.78, 5) is 11.2. The molecule has 0 fully saturated rings. The van der Waals surface area contributed by atoms with Crippen molar-refractivity contribution in [2.45, 2.75) is 13.5 Å². The molecular weight excluding hydrogens is 330 g/mol. The summed E-state index contributed by atoms with van der Waals surface area (Å²) in [6, 6.07) is 14.2. The molecule has 2 aromatic carbocycles. The van der Waals surface area contributed by atoms with Gasteiger partial charge in [-0.2, -0.15) is 0 Å². The molecule has 24 heavy (non-hydrogen) atoms. The number of hydrogen-bond acceptors (Lipinski definition) is 5. The van der Waals surface area contributed by atoms with Gasteiger partial charge in [0.15, 0.2) is 6.61 Å². The van der Waals surface area contributed by atoms with Crippen molar-refractivity contribution >= 4 is 23.2 Å². The summed E-state index contributed by atoms with van der Waals surface area (Å²) in [7, 11) is 0. The highest BCUT2D eigenvalue weighted by Gasteiger charge is 2.11. The summed E-state index contributed by atoms with van der Waals surface area (Å²) in [5.41, 5.74) is 1.36. The molecule has 0 radical (unpaired) electrons. The predicted octanol–water partition coefficient (Wildman–Crippen LogP) is 3.93. The van der Waals surface area contributed by atoms with Crippen LogP contribution in [-0.2, 0) is 11.4 Å². The molecule has 1 amide bonds. The number of amides is 1. The number of carbonyl (C=O) groups is 1. The molecule has 0 bridgehead atoms. The maximum absolute atomic E-state index is 11.2. The Kier molecular flexibility index (Phi) is 4.77. The first-order chi connectivity index (χ1) is 11.6. The van der Waals surface area contributed by atoms with Crippen LogP contribution in [0.4, 0.5) is 5.69 Å². The van der Waals surface area contributed by atoms with Crippen LogP contribution in [-0.4, -0.2) is 16.1 Å². The molecule has 0 aliphatic heterocycles. The molecule has 122 valence electrons. The molecule has 6 nitrogen and oxygen atoms in total. The molecule has 0 aliphatic rings. The molecule has 7 heteroatoms. The Labute approximate surface area is 143 Å². The van der Waals surface area contributed by atoms with Crippen molar-refractivity contribution in [3.63, 3.8) is 0 Å². The fourth-order valence-corrected chi connectivity index (χ4v) is 2.17. The SMILES string of the molecule is CC(=O)Nc1ccccc1OCc1nnc(-c2ccc(Cl)cc2)o1. The highest BCUT2D eigenvalue weighted by molar-refractivity contribution is 6.30. The molecule has 3 aromatic rings. The van der Waals surface area contributed by atoms with Crippen LogP contribution in [0, 0.1) is 0 Å². The van der Waals surface area contributed by atoms with E-state index in [1.807, 2.05) is 12.1 Å². The Balaban J connectivity index is 1.70. The highest BCUT2D eigenvalue weighted by atomic mass is 35.5. The quantitative estimate of drug-likeness (QED) is 0.759. The predicted molar refractivity (Wildman–Crippen MR) is 89.8 cm³/mol. The van der Waals surface area contributed by atoms with Crippen molar-refractivity contribution in [3.8, 4) is 17.2 Å². The Hall–Kier alpha value is -2.86. The number of hydrogen-bond donors (Lipinski definition) is 1. The maximum Gasteiger partial charge on any atom is 0.254 e. The number of benzene rings is 2. The lowest BCUT2D eigenvalue weighted by molar-refractivity contribution is -0.114. The van der Waals surface area contributed by atoms with E-state index < -0.39 is 0 Å². The maximum atomic E-state index is 11.2. The van der Waals surface area contributed by atoms with Gasteiger partial charge < -0.3 is 14.5 Å². The molecule has 1 N–H and O–H groups in total. The van der Waals surface area contributed by atoms with Crippen molar-refractivity contribution < 1.29 is 13.9 Å². The lowest BCUT2D eigenvalue weighted by Gasteiger charge is -2.09. The third kappa shape index (κ3) is 3.91. The third-order valence-corrected chi connectivity index (χ3v) is 3.36. The Bertz CT molecular complexity index is 846. The number of nitrogens with zero attached hydrogens (tertiary/aromatic N) is 2. The van der Waals surface area contributed by atoms with E-state index in [2.05, 4.69) is 15.5 Å². The second-order valence-corrected chi connectivity index (χ2v) is 5.41. The minimum absolute atomic E-state index is 0.0944. The molecule has 3 rings (SSSR count). The topological polar surface area (TPSA) is 77.2 Å². The fourth-order valence-electron chi connectivity index (χ4n) is 2.05. The van der Waals surface area contributed by atoms with Gasteiger partial charge in [0, 0.05) is 17.5 Å². The van der Waals surface area contributed by atoms with Gasteiger partial charge in [-0.15, -0.1) is 10.2 Å². The van der Waals surface area contributed by atoms with Crippen LogP contribution in [0.1, 0.15) is 12.8 Å². The van der Waals surface area contributed by atoms with E-state index in [-0.39, 0.29) is 12.5 Å². The molecule has 0 saturated carbocycles. The third-order valence-electron chi connectivity index (χ3n) is 3.11. The van der Waals surface area contributed by atoms with Gasteiger partial charge in [0.1, 0.15) is 5.75 Å². The average Bonchev–Trinajstić information content (AvgIpc) is 3.03. The van der Waals surface area contributed by atoms with Crippen LogP contribution in [0.25, 0.3) is 11.5 Å². The van der Waals surface area contributed by atoms with Crippen molar-refractivity contribution in [2.24, 2.45) is 0 Å². The molecule has 0 atom stereocenters. The Morgan fingerprint density at radius 3 is 2.67 bits per heavy atom. The van der Waals surface area contributed by atoms with Crippen LogP contribution < -0.4 is 10.1 Å². The molecule has 0 aliphatic carbocycles. The van der Waals surface area contributed by atoms with Crippen molar-refractivity contribution in [1.29, 1.82) is 0 Å². The van der Waals surface area contributed by atoms with Crippen molar-refractivity contribution in [2.75, 3.05) is 5.32 Å². The lowest BCUT2D eigenvalue weighted by Crippen LogP contribution is -2.07. The number of anilines is 1. The lowest BCUT2D eigenvalue weighted by atomic mass is 10.2. The van der Waals surface area contributed by atoms with Gasteiger partial charge in [-0.1, -0.05) is 23.7 Å². The van der Waals surface area contributed by atoms with Crippen LogP contribution in [0.2, 0.25) is 5.02 Å². The first-order valence-electron chi connectivity index (χ1n) is 7.19.